The normalized spacial score (nSPS) is 12.6. The van der Waals surface area contributed by atoms with Gasteiger partial charge in [0.25, 0.3) is 0 Å². The van der Waals surface area contributed by atoms with Gasteiger partial charge in [0.15, 0.2) is 5.82 Å². The summed E-state index contributed by atoms with van der Waals surface area (Å²) in [6.45, 7) is 2.13. The standard InChI is InChI=1S/C11H13BrN4O/c1-8(17)7-16-11(13-14-15-16)6-9-2-4-10(12)5-3-9/h2-5,8,17H,6-7H2,1H3/t8-/m1/s1. The topological polar surface area (TPSA) is 63.8 Å². The molecule has 0 unspecified atom stereocenters. The van der Waals surface area contributed by atoms with E-state index in [2.05, 4.69) is 31.5 Å². The number of hydrogen-bond acceptors (Lipinski definition) is 4. The van der Waals surface area contributed by atoms with Crippen LogP contribution in [0.2, 0.25) is 0 Å². The third-order valence-electron chi connectivity index (χ3n) is 2.32. The first-order valence-electron chi connectivity index (χ1n) is 5.32. The molecule has 0 bridgehead atoms. The molecule has 1 aromatic heterocycles. The second kappa shape index (κ2) is 5.37. The number of halogens is 1. The molecule has 0 saturated carbocycles. The number of aliphatic hydroxyl groups is 1. The zero-order valence-corrected chi connectivity index (χ0v) is 11.0. The summed E-state index contributed by atoms with van der Waals surface area (Å²) in [5, 5.41) is 20.8. The Hall–Kier alpha value is -1.27. The van der Waals surface area contributed by atoms with Crippen molar-refractivity contribution >= 4 is 15.9 Å². The van der Waals surface area contributed by atoms with Crippen LogP contribution in [0.25, 0.3) is 0 Å². The molecule has 17 heavy (non-hydrogen) atoms. The van der Waals surface area contributed by atoms with Crippen LogP contribution in [-0.4, -0.2) is 31.4 Å². The Kier molecular flexibility index (Phi) is 3.86. The van der Waals surface area contributed by atoms with Crippen molar-refractivity contribution in [3.05, 3.63) is 40.1 Å². The van der Waals surface area contributed by atoms with E-state index in [1.165, 1.54) is 0 Å². The molecule has 0 amide bonds. The van der Waals surface area contributed by atoms with Crippen molar-refractivity contribution in [1.29, 1.82) is 0 Å². The van der Waals surface area contributed by atoms with Gasteiger partial charge >= 0.3 is 0 Å². The Morgan fingerprint density at radius 2 is 2.06 bits per heavy atom. The zero-order chi connectivity index (χ0) is 12.3. The first-order chi connectivity index (χ1) is 8.15. The molecule has 0 spiro atoms. The van der Waals surface area contributed by atoms with Gasteiger partial charge in [-0.1, -0.05) is 28.1 Å². The minimum atomic E-state index is -0.456. The van der Waals surface area contributed by atoms with Crippen LogP contribution in [0.4, 0.5) is 0 Å². The predicted molar refractivity (Wildman–Crippen MR) is 66.4 cm³/mol. The van der Waals surface area contributed by atoms with E-state index < -0.39 is 6.10 Å². The Bertz CT molecular complexity index is 480. The SMILES string of the molecule is C[C@@H](O)Cn1nnnc1Cc1ccc(Br)cc1. The quantitative estimate of drug-likeness (QED) is 0.926. The molecule has 90 valence electrons. The summed E-state index contributed by atoms with van der Waals surface area (Å²) in [4.78, 5) is 0. The monoisotopic (exact) mass is 296 g/mol. The van der Waals surface area contributed by atoms with Gasteiger partial charge in [-0.3, -0.25) is 0 Å². The fourth-order valence-corrected chi connectivity index (χ4v) is 1.79. The van der Waals surface area contributed by atoms with Crippen LogP contribution in [0.3, 0.4) is 0 Å². The molecular formula is C11H13BrN4O. The average Bonchev–Trinajstić information content (AvgIpc) is 2.68. The Balaban J connectivity index is 2.13. The van der Waals surface area contributed by atoms with Gasteiger partial charge in [0, 0.05) is 10.9 Å². The molecule has 0 aliphatic rings. The third-order valence-corrected chi connectivity index (χ3v) is 2.85. The maximum atomic E-state index is 9.33. The highest BCUT2D eigenvalue weighted by Crippen LogP contribution is 2.12. The number of hydrogen-bond donors (Lipinski definition) is 1. The van der Waals surface area contributed by atoms with Gasteiger partial charge < -0.3 is 5.11 Å². The number of tetrazole rings is 1. The Labute approximate surface area is 108 Å². The van der Waals surface area contributed by atoms with E-state index in [1.807, 2.05) is 24.3 Å². The molecule has 0 saturated heterocycles. The predicted octanol–water partition coefficient (Wildman–Crippen LogP) is 1.41. The lowest BCUT2D eigenvalue weighted by atomic mass is 10.1. The van der Waals surface area contributed by atoms with Crippen molar-refractivity contribution in [2.24, 2.45) is 0 Å². The van der Waals surface area contributed by atoms with E-state index >= 15 is 0 Å². The van der Waals surface area contributed by atoms with Crippen molar-refractivity contribution in [2.45, 2.75) is 26.0 Å². The highest BCUT2D eigenvalue weighted by molar-refractivity contribution is 9.10. The van der Waals surface area contributed by atoms with Gasteiger partial charge in [-0.2, -0.15) is 0 Å². The van der Waals surface area contributed by atoms with Gasteiger partial charge in [-0.05, 0) is 35.0 Å². The number of aromatic nitrogens is 4. The zero-order valence-electron chi connectivity index (χ0n) is 9.41. The van der Waals surface area contributed by atoms with Gasteiger partial charge in [0.2, 0.25) is 0 Å². The summed E-state index contributed by atoms with van der Waals surface area (Å²) < 4.78 is 2.68. The van der Waals surface area contributed by atoms with Crippen molar-refractivity contribution in [2.75, 3.05) is 0 Å². The highest BCUT2D eigenvalue weighted by Gasteiger charge is 2.08. The van der Waals surface area contributed by atoms with Crippen LogP contribution in [0, 0.1) is 0 Å². The van der Waals surface area contributed by atoms with E-state index in [-0.39, 0.29) is 0 Å². The van der Waals surface area contributed by atoms with Crippen molar-refractivity contribution in [3.8, 4) is 0 Å². The number of nitrogens with zero attached hydrogens (tertiary/aromatic N) is 4. The molecule has 1 atom stereocenters. The Morgan fingerprint density at radius 3 is 2.71 bits per heavy atom. The fraction of sp³-hybridized carbons (Fsp3) is 0.364. The number of aliphatic hydroxyl groups excluding tert-OH is 1. The molecule has 1 heterocycles. The van der Waals surface area contributed by atoms with E-state index in [9.17, 15) is 5.11 Å². The summed E-state index contributed by atoms with van der Waals surface area (Å²) in [7, 11) is 0. The molecule has 0 radical (unpaired) electrons. The van der Waals surface area contributed by atoms with Crippen LogP contribution in [-0.2, 0) is 13.0 Å². The van der Waals surface area contributed by atoms with Crippen LogP contribution >= 0.6 is 15.9 Å². The average molecular weight is 297 g/mol. The molecule has 5 nitrogen and oxygen atoms in total. The smallest absolute Gasteiger partial charge is 0.155 e. The van der Waals surface area contributed by atoms with Gasteiger partial charge in [0.1, 0.15) is 0 Å². The van der Waals surface area contributed by atoms with E-state index in [1.54, 1.807) is 11.6 Å². The molecule has 2 aromatic rings. The van der Waals surface area contributed by atoms with Crippen LogP contribution < -0.4 is 0 Å². The van der Waals surface area contributed by atoms with Crippen molar-refractivity contribution < 1.29 is 5.11 Å². The minimum Gasteiger partial charge on any atom is -0.391 e. The second-order valence-electron chi connectivity index (χ2n) is 3.93. The first kappa shape index (κ1) is 12.2. The van der Waals surface area contributed by atoms with E-state index in [0.29, 0.717) is 13.0 Å². The maximum absolute atomic E-state index is 9.33. The summed E-state index contributed by atoms with van der Waals surface area (Å²) in [6.07, 6.45) is 0.203. The van der Waals surface area contributed by atoms with Gasteiger partial charge in [-0.25, -0.2) is 4.68 Å². The van der Waals surface area contributed by atoms with Crippen LogP contribution in [0.15, 0.2) is 28.7 Å². The van der Waals surface area contributed by atoms with Crippen molar-refractivity contribution in [3.63, 3.8) is 0 Å². The molecule has 1 aromatic carbocycles. The molecule has 0 aliphatic carbocycles. The van der Waals surface area contributed by atoms with Crippen LogP contribution in [0.1, 0.15) is 18.3 Å². The number of rotatable bonds is 4. The lowest BCUT2D eigenvalue weighted by molar-refractivity contribution is 0.166. The summed E-state index contributed by atoms with van der Waals surface area (Å²) in [5.74, 6) is 0.758. The molecule has 6 heteroatoms. The summed E-state index contributed by atoms with van der Waals surface area (Å²) in [6, 6.07) is 8.01. The second-order valence-corrected chi connectivity index (χ2v) is 4.85. The van der Waals surface area contributed by atoms with E-state index in [0.717, 1.165) is 15.9 Å². The van der Waals surface area contributed by atoms with Gasteiger partial charge in [-0.15, -0.1) is 5.10 Å². The summed E-state index contributed by atoms with van der Waals surface area (Å²) >= 11 is 3.39. The molecule has 0 aliphatic heterocycles. The lowest BCUT2D eigenvalue weighted by Gasteiger charge is -2.06. The fourth-order valence-electron chi connectivity index (χ4n) is 1.53. The minimum absolute atomic E-state index is 0.416. The van der Waals surface area contributed by atoms with Crippen molar-refractivity contribution in [1.82, 2.24) is 20.2 Å². The largest absolute Gasteiger partial charge is 0.391 e. The molecule has 0 fully saturated rings. The first-order valence-corrected chi connectivity index (χ1v) is 6.12. The highest BCUT2D eigenvalue weighted by atomic mass is 79.9. The Morgan fingerprint density at radius 1 is 1.35 bits per heavy atom. The lowest BCUT2D eigenvalue weighted by Crippen LogP contribution is -2.16. The van der Waals surface area contributed by atoms with Gasteiger partial charge in [0.05, 0.1) is 12.6 Å². The third kappa shape index (κ3) is 3.34. The molecular weight excluding hydrogens is 284 g/mol. The molecule has 1 N–H and O–H groups in total. The summed E-state index contributed by atoms with van der Waals surface area (Å²) in [5.41, 5.74) is 1.13. The molecule has 2 rings (SSSR count). The van der Waals surface area contributed by atoms with E-state index in [4.69, 9.17) is 0 Å². The number of benzene rings is 1. The maximum Gasteiger partial charge on any atom is 0.155 e. The van der Waals surface area contributed by atoms with Crippen LogP contribution in [0.5, 0.6) is 0 Å².